The fraction of sp³-hybridized carbons (Fsp3) is 0.263. The summed E-state index contributed by atoms with van der Waals surface area (Å²) in [7, 11) is 0. The SMILES string of the molecule is O=C1CCN(C(=O)c2nc(-c3cccs3)n(-c3cccc(C(F)(F)F)c3)n2)CCN1. The highest BCUT2D eigenvalue weighted by atomic mass is 32.1. The lowest BCUT2D eigenvalue weighted by atomic mass is 10.2. The quantitative estimate of drug-likeness (QED) is 0.686. The Bertz CT molecular complexity index is 1080. The highest BCUT2D eigenvalue weighted by Crippen LogP contribution is 2.32. The van der Waals surface area contributed by atoms with E-state index < -0.39 is 17.6 Å². The van der Waals surface area contributed by atoms with Gasteiger partial charge < -0.3 is 10.2 Å². The molecule has 1 aromatic carbocycles. The summed E-state index contributed by atoms with van der Waals surface area (Å²) in [6.07, 6.45) is -4.35. The molecule has 3 aromatic rings. The Kier molecular flexibility index (Phi) is 5.29. The van der Waals surface area contributed by atoms with Crippen LogP contribution in [0.3, 0.4) is 0 Å². The summed E-state index contributed by atoms with van der Waals surface area (Å²) in [5, 5.41) is 8.71. The summed E-state index contributed by atoms with van der Waals surface area (Å²) < 4.78 is 40.7. The van der Waals surface area contributed by atoms with E-state index in [1.807, 2.05) is 0 Å². The maximum atomic E-state index is 13.2. The van der Waals surface area contributed by atoms with Crippen molar-refractivity contribution in [3.63, 3.8) is 0 Å². The fourth-order valence-corrected chi connectivity index (χ4v) is 3.77. The van der Waals surface area contributed by atoms with Gasteiger partial charge in [0.05, 0.1) is 16.1 Å². The van der Waals surface area contributed by atoms with Gasteiger partial charge in [0.15, 0.2) is 5.82 Å². The van der Waals surface area contributed by atoms with Gasteiger partial charge in [0, 0.05) is 26.1 Å². The summed E-state index contributed by atoms with van der Waals surface area (Å²) in [5.74, 6) is -0.482. The maximum absolute atomic E-state index is 13.2. The molecule has 2 amide bonds. The van der Waals surface area contributed by atoms with Gasteiger partial charge in [-0.2, -0.15) is 13.2 Å². The van der Waals surface area contributed by atoms with Crippen LogP contribution in [0.5, 0.6) is 0 Å². The lowest BCUT2D eigenvalue weighted by Gasteiger charge is -2.17. The summed E-state index contributed by atoms with van der Waals surface area (Å²) in [6, 6.07) is 8.23. The third-order valence-corrected chi connectivity index (χ3v) is 5.42. The first-order valence-corrected chi connectivity index (χ1v) is 9.95. The van der Waals surface area contributed by atoms with Crippen molar-refractivity contribution in [2.75, 3.05) is 19.6 Å². The molecule has 0 saturated carbocycles. The van der Waals surface area contributed by atoms with E-state index in [2.05, 4.69) is 15.4 Å². The highest BCUT2D eigenvalue weighted by Gasteiger charge is 2.31. The van der Waals surface area contributed by atoms with Gasteiger partial charge in [-0.05, 0) is 29.6 Å². The largest absolute Gasteiger partial charge is 0.416 e. The second-order valence-corrected chi connectivity index (χ2v) is 7.54. The predicted octanol–water partition coefficient (Wildman–Crippen LogP) is 2.98. The van der Waals surface area contributed by atoms with Gasteiger partial charge in [-0.25, -0.2) is 9.67 Å². The number of amides is 2. The lowest BCUT2D eigenvalue weighted by molar-refractivity contribution is -0.137. The molecule has 1 aliphatic heterocycles. The number of thiophene rings is 1. The molecule has 1 saturated heterocycles. The predicted molar refractivity (Wildman–Crippen MR) is 103 cm³/mol. The molecular weight excluding hydrogens is 419 g/mol. The van der Waals surface area contributed by atoms with Crippen LogP contribution < -0.4 is 5.32 Å². The van der Waals surface area contributed by atoms with E-state index in [-0.39, 0.29) is 36.2 Å². The van der Waals surface area contributed by atoms with Gasteiger partial charge >= 0.3 is 6.18 Å². The second-order valence-electron chi connectivity index (χ2n) is 6.59. The van der Waals surface area contributed by atoms with Crippen LogP contribution in [-0.2, 0) is 11.0 Å². The van der Waals surface area contributed by atoms with Gasteiger partial charge in [0.1, 0.15) is 0 Å². The molecule has 0 spiro atoms. The van der Waals surface area contributed by atoms with E-state index >= 15 is 0 Å². The lowest BCUT2D eigenvalue weighted by Crippen LogP contribution is -2.35. The van der Waals surface area contributed by atoms with Crippen molar-refractivity contribution in [2.45, 2.75) is 12.6 Å². The summed E-state index contributed by atoms with van der Waals surface area (Å²) in [6.45, 7) is 0.838. The highest BCUT2D eigenvalue weighted by molar-refractivity contribution is 7.13. The number of rotatable bonds is 3. The van der Waals surface area contributed by atoms with Crippen LogP contribution in [0.15, 0.2) is 41.8 Å². The average Bonchev–Trinajstić information content (AvgIpc) is 3.34. The topological polar surface area (TPSA) is 80.1 Å². The van der Waals surface area contributed by atoms with E-state index in [0.29, 0.717) is 18.0 Å². The molecule has 1 N–H and O–H groups in total. The molecular formula is C19H16F3N5O2S. The Morgan fingerprint density at radius 2 is 2.00 bits per heavy atom. The van der Waals surface area contributed by atoms with E-state index in [1.165, 1.54) is 33.1 Å². The molecule has 156 valence electrons. The van der Waals surface area contributed by atoms with Crippen LogP contribution in [-0.4, -0.2) is 51.1 Å². The minimum Gasteiger partial charge on any atom is -0.354 e. The monoisotopic (exact) mass is 435 g/mol. The van der Waals surface area contributed by atoms with Crippen LogP contribution >= 0.6 is 11.3 Å². The van der Waals surface area contributed by atoms with E-state index in [9.17, 15) is 22.8 Å². The number of hydrogen-bond acceptors (Lipinski definition) is 5. The second kappa shape index (κ2) is 7.90. The fourth-order valence-electron chi connectivity index (χ4n) is 3.07. The Labute approximate surface area is 173 Å². The minimum absolute atomic E-state index is 0.134. The molecule has 11 heteroatoms. The summed E-state index contributed by atoms with van der Waals surface area (Å²) in [4.78, 5) is 30.9. The van der Waals surface area contributed by atoms with Crippen molar-refractivity contribution in [1.82, 2.24) is 25.0 Å². The molecule has 0 bridgehead atoms. The van der Waals surface area contributed by atoms with Gasteiger partial charge in [-0.1, -0.05) is 12.1 Å². The van der Waals surface area contributed by atoms with E-state index in [1.54, 1.807) is 17.5 Å². The molecule has 0 atom stereocenters. The number of alkyl halides is 3. The minimum atomic E-state index is -4.51. The summed E-state index contributed by atoms with van der Waals surface area (Å²) >= 11 is 1.33. The smallest absolute Gasteiger partial charge is 0.354 e. The molecule has 4 rings (SSSR count). The number of benzene rings is 1. The van der Waals surface area contributed by atoms with Crippen molar-refractivity contribution >= 4 is 23.2 Å². The van der Waals surface area contributed by atoms with E-state index in [0.717, 1.165) is 12.1 Å². The zero-order chi connectivity index (χ0) is 21.3. The number of nitrogens with one attached hydrogen (secondary N) is 1. The van der Waals surface area contributed by atoms with Crippen molar-refractivity contribution < 1.29 is 22.8 Å². The van der Waals surface area contributed by atoms with Crippen LogP contribution in [0, 0.1) is 0 Å². The molecule has 3 heterocycles. The first-order chi connectivity index (χ1) is 14.3. The molecule has 1 aliphatic rings. The van der Waals surface area contributed by atoms with Gasteiger partial charge in [-0.15, -0.1) is 16.4 Å². The normalized spacial score (nSPS) is 15.0. The van der Waals surface area contributed by atoms with Crippen LogP contribution in [0.4, 0.5) is 13.2 Å². The number of nitrogens with zero attached hydrogens (tertiary/aromatic N) is 4. The number of carbonyl (C=O) groups excluding carboxylic acids is 2. The molecule has 30 heavy (non-hydrogen) atoms. The van der Waals surface area contributed by atoms with Crippen LogP contribution in [0.2, 0.25) is 0 Å². The van der Waals surface area contributed by atoms with Crippen LogP contribution in [0.25, 0.3) is 16.4 Å². The molecule has 1 fully saturated rings. The molecule has 0 aliphatic carbocycles. The van der Waals surface area contributed by atoms with Gasteiger partial charge in [0.2, 0.25) is 11.7 Å². The number of halogens is 3. The molecule has 2 aromatic heterocycles. The first-order valence-electron chi connectivity index (χ1n) is 9.07. The standard InChI is InChI=1S/C19H16F3N5O2S/c20-19(21,22)12-3-1-4-13(11-12)27-17(14-5-2-10-30-14)24-16(25-27)18(29)26-8-6-15(28)23-7-9-26/h1-5,10-11H,6-9H2,(H,23,28). The Hall–Kier alpha value is -3.21. The third-order valence-electron chi connectivity index (χ3n) is 4.56. The Balaban J connectivity index is 1.75. The van der Waals surface area contributed by atoms with Crippen molar-refractivity contribution in [2.24, 2.45) is 0 Å². The molecule has 0 radical (unpaired) electrons. The van der Waals surface area contributed by atoms with Crippen LogP contribution in [0.1, 0.15) is 22.6 Å². The van der Waals surface area contributed by atoms with Crippen molar-refractivity contribution in [1.29, 1.82) is 0 Å². The summed E-state index contributed by atoms with van der Waals surface area (Å²) in [5.41, 5.74) is -0.676. The Morgan fingerprint density at radius 1 is 1.17 bits per heavy atom. The molecule has 7 nitrogen and oxygen atoms in total. The van der Waals surface area contributed by atoms with Crippen molar-refractivity contribution in [3.8, 4) is 16.4 Å². The maximum Gasteiger partial charge on any atom is 0.416 e. The molecule has 0 unspecified atom stereocenters. The first kappa shape index (κ1) is 20.1. The Morgan fingerprint density at radius 3 is 2.73 bits per heavy atom. The zero-order valence-corrected chi connectivity index (χ0v) is 16.3. The van der Waals surface area contributed by atoms with Gasteiger partial charge in [-0.3, -0.25) is 9.59 Å². The number of hydrogen-bond donors (Lipinski definition) is 1. The van der Waals surface area contributed by atoms with Crippen molar-refractivity contribution in [3.05, 3.63) is 53.2 Å². The number of carbonyl (C=O) groups is 2. The average molecular weight is 435 g/mol. The van der Waals surface area contributed by atoms with E-state index in [4.69, 9.17) is 0 Å². The zero-order valence-electron chi connectivity index (χ0n) is 15.5. The third kappa shape index (κ3) is 4.06. The number of aromatic nitrogens is 3. The van der Waals surface area contributed by atoms with Gasteiger partial charge in [0.25, 0.3) is 5.91 Å².